The molecule has 3 rings (SSSR count). The van der Waals surface area contributed by atoms with Crippen molar-refractivity contribution in [3.8, 4) is 11.5 Å². The molecule has 0 spiro atoms. The predicted octanol–water partition coefficient (Wildman–Crippen LogP) is 5.51. The highest BCUT2D eigenvalue weighted by Gasteiger charge is 1.99. The smallest absolute Gasteiger partial charge is 0.127 e. The van der Waals surface area contributed by atoms with Gasteiger partial charge in [0.25, 0.3) is 0 Å². The van der Waals surface area contributed by atoms with Crippen molar-refractivity contribution < 1.29 is 4.74 Å². The van der Waals surface area contributed by atoms with Crippen molar-refractivity contribution in [1.29, 1.82) is 0 Å². The minimum atomic E-state index is 0. The lowest BCUT2D eigenvalue weighted by molar-refractivity contribution is 0.482. The largest absolute Gasteiger partial charge is 0.457 e. The van der Waals surface area contributed by atoms with Gasteiger partial charge in [0.15, 0.2) is 0 Å². The van der Waals surface area contributed by atoms with Gasteiger partial charge < -0.3 is 9.30 Å². The first-order chi connectivity index (χ1) is 11.2. The highest BCUT2D eigenvalue weighted by Crippen LogP contribution is 2.22. The van der Waals surface area contributed by atoms with Crippen LogP contribution in [0.1, 0.15) is 18.3 Å². The predicted molar refractivity (Wildman–Crippen MR) is 101 cm³/mol. The summed E-state index contributed by atoms with van der Waals surface area (Å²) in [5.74, 6) is 2.73. The molecule has 3 nitrogen and oxygen atoms in total. The van der Waals surface area contributed by atoms with Crippen molar-refractivity contribution in [1.82, 2.24) is 9.55 Å². The van der Waals surface area contributed by atoms with E-state index in [0.29, 0.717) is 0 Å². The number of hydrogen-bond donors (Lipinski definition) is 0. The van der Waals surface area contributed by atoms with Crippen LogP contribution >= 0.6 is 12.4 Å². The average molecular weight is 341 g/mol. The Morgan fingerprint density at radius 3 is 2.33 bits per heavy atom. The van der Waals surface area contributed by atoms with Crippen LogP contribution in [0.3, 0.4) is 0 Å². The van der Waals surface area contributed by atoms with Gasteiger partial charge in [-0.15, -0.1) is 12.4 Å². The molecule has 1 aromatic heterocycles. The Morgan fingerprint density at radius 2 is 1.71 bits per heavy atom. The third-order valence-corrected chi connectivity index (χ3v) is 3.62. The zero-order chi connectivity index (χ0) is 16.1. The Hall–Kier alpha value is -2.52. The van der Waals surface area contributed by atoms with Crippen LogP contribution < -0.4 is 4.74 Å². The summed E-state index contributed by atoms with van der Waals surface area (Å²) in [6.45, 7) is 5.00. The molecule has 24 heavy (non-hydrogen) atoms. The van der Waals surface area contributed by atoms with Gasteiger partial charge in [-0.2, -0.15) is 0 Å². The van der Waals surface area contributed by atoms with E-state index in [9.17, 15) is 0 Å². The van der Waals surface area contributed by atoms with Crippen molar-refractivity contribution in [3.05, 3.63) is 84.0 Å². The Kier molecular flexibility index (Phi) is 6.21. The van der Waals surface area contributed by atoms with Gasteiger partial charge in [-0.05, 0) is 43.7 Å². The summed E-state index contributed by atoms with van der Waals surface area (Å²) in [7, 11) is 0. The maximum atomic E-state index is 5.81. The Balaban J connectivity index is 0.00000208. The molecular weight excluding hydrogens is 320 g/mol. The number of allylic oxidation sites excluding steroid dienone is 1. The van der Waals surface area contributed by atoms with Crippen LogP contribution in [0.4, 0.5) is 0 Å². The summed E-state index contributed by atoms with van der Waals surface area (Å²) in [5, 5.41) is 0. The molecular formula is C20H21ClN2O. The Morgan fingerprint density at radius 1 is 1.04 bits per heavy atom. The molecule has 0 N–H and O–H groups in total. The lowest BCUT2D eigenvalue weighted by Gasteiger charge is -2.07. The van der Waals surface area contributed by atoms with Gasteiger partial charge in [-0.1, -0.05) is 42.0 Å². The number of imidazole rings is 1. The third kappa shape index (κ3) is 4.74. The van der Waals surface area contributed by atoms with E-state index in [0.717, 1.165) is 23.9 Å². The summed E-state index contributed by atoms with van der Waals surface area (Å²) < 4.78 is 7.94. The first-order valence-corrected chi connectivity index (χ1v) is 7.68. The monoisotopic (exact) mass is 340 g/mol. The van der Waals surface area contributed by atoms with Crippen LogP contribution in [0, 0.1) is 6.92 Å². The maximum Gasteiger partial charge on any atom is 0.127 e. The second kappa shape index (κ2) is 8.37. The molecule has 0 saturated carbocycles. The molecule has 0 bridgehead atoms. The molecule has 0 amide bonds. The minimum Gasteiger partial charge on any atom is -0.457 e. The van der Waals surface area contributed by atoms with Gasteiger partial charge in [-0.3, -0.25) is 0 Å². The fourth-order valence-electron chi connectivity index (χ4n) is 2.43. The Labute approximate surface area is 149 Å². The van der Waals surface area contributed by atoms with Gasteiger partial charge in [-0.25, -0.2) is 4.98 Å². The van der Waals surface area contributed by atoms with Crippen LogP contribution in [-0.4, -0.2) is 9.55 Å². The standard InChI is InChI=1S/C20H20N2O.ClH/c1-16(15-22-13-12-21-17(22)2)14-18-8-10-20(11-9-18)23-19-6-4-3-5-7-19;/h3-14H,15H2,1-2H3;1H. The summed E-state index contributed by atoms with van der Waals surface area (Å²) in [4.78, 5) is 4.25. The molecule has 0 unspecified atom stereocenters. The number of rotatable bonds is 5. The summed E-state index contributed by atoms with van der Waals surface area (Å²) in [6.07, 6.45) is 6.02. The molecule has 0 saturated heterocycles. The fraction of sp³-hybridized carbons (Fsp3) is 0.150. The van der Waals surface area contributed by atoms with Crippen molar-refractivity contribution in [2.24, 2.45) is 0 Å². The number of benzene rings is 2. The van der Waals surface area contributed by atoms with E-state index in [1.165, 1.54) is 11.1 Å². The lowest BCUT2D eigenvalue weighted by Crippen LogP contribution is -2.00. The maximum absolute atomic E-state index is 5.81. The minimum absolute atomic E-state index is 0. The number of ether oxygens (including phenoxy) is 1. The Bertz CT molecular complexity index is 792. The second-order valence-corrected chi connectivity index (χ2v) is 5.58. The molecule has 1 heterocycles. The van der Waals surface area contributed by atoms with E-state index >= 15 is 0 Å². The van der Waals surface area contributed by atoms with Crippen LogP contribution in [0.15, 0.2) is 72.6 Å². The fourth-order valence-corrected chi connectivity index (χ4v) is 2.43. The number of halogens is 1. The van der Waals surface area contributed by atoms with Crippen molar-refractivity contribution in [2.45, 2.75) is 20.4 Å². The molecule has 4 heteroatoms. The van der Waals surface area contributed by atoms with E-state index < -0.39 is 0 Å². The van der Waals surface area contributed by atoms with E-state index in [2.05, 4.69) is 34.7 Å². The molecule has 124 valence electrons. The van der Waals surface area contributed by atoms with Gasteiger partial charge in [0.05, 0.1) is 0 Å². The van der Waals surface area contributed by atoms with Crippen molar-refractivity contribution in [2.75, 3.05) is 0 Å². The van der Waals surface area contributed by atoms with Crippen LogP contribution in [0.5, 0.6) is 11.5 Å². The molecule has 0 aliphatic carbocycles. The molecule has 0 fully saturated rings. The summed E-state index contributed by atoms with van der Waals surface area (Å²) in [5.41, 5.74) is 2.45. The molecule has 0 aliphatic rings. The van der Waals surface area contributed by atoms with E-state index in [-0.39, 0.29) is 12.4 Å². The zero-order valence-electron chi connectivity index (χ0n) is 13.8. The van der Waals surface area contributed by atoms with Gasteiger partial charge in [0.2, 0.25) is 0 Å². The first kappa shape index (κ1) is 17.8. The quantitative estimate of drug-likeness (QED) is 0.612. The molecule has 0 aliphatic heterocycles. The molecule has 0 radical (unpaired) electrons. The van der Waals surface area contributed by atoms with Crippen molar-refractivity contribution in [3.63, 3.8) is 0 Å². The second-order valence-electron chi connectivity index (χ2n) is 5.58. The van der Waals surface area contributed by atoms with Crippen LogP contribution in [-0.2, 0) is 6.54 Å². The van der Waals surface area contributed by atoms with Crippen LogP contribution in [0.25, 0.3) is 6.08 Å². The van der Waals surface area contributed by atoms with E-state index in [1.807, 2.05) is 61.8 Å². The number of hydrogen-bond acceptors (Lipinski definition) is 2. The van der Waals surface area contributed by atoms with Gasteiger partial charge >= 0.3 is 0 Å². The topological polar surface area (TPSA) is 27.1 Å². The number of para-hydroxylation sites is 1. The van der Waals surface area contributed by atoms with E-state index in [1.54, 1.807) is 0 Å². The summed E-state index contributed by atoms with van der Waals surface area (Å²) >= 11 is 0. The normalized spacial score (nSPS) is 11.0. The average Bonchev–Trinajstić information content (AvgIpc) is 2.95. The van der Waals surface area contributed by atoms with E-state index in [4.69, 9.17) is 4.74 Å². The van der Waals surface area contributed by atoms with Gasteiger partial charge in [0, 0.05) is 18.9 Å². The third-order valence-electron chi connectivity index (χ3n) is 3.62. The highest BCUT2D eigenvalue weighted by molar-refractivity contribution is 5.85. The number of aromatic nitrogens is 2. The SMILES string of the molecule is CC(=Cc1ccc(Oc2ccccc2)cc1)Cn1ccnc1C.Cl. The van der Waals surface area contributed by atoms with Crippen molar-refractivity contribution >= 4 is 18.5 Å². The van der Waals surface area contributed by atoms with Gasteiger partial charge in [0.1, 0.15) is 17.3 Å². The number of aryl methyl sites for hydroxylation is 1. The van der Waals surface area contributed by atoms with Crippen LogP contribution in [0.2, 0.25) is 0 Å². The number of nitrogens with zero attached hydrogens (tertiary/aromatic N) is 2. The molecule has 0 atom stereocenters. The first-order valence-electron chi connectivity index (χ1n) is 7.68. The molecule has 3 aromatic rings. The lowest BCUT2D eigenvalue weighted by atomic mass is 10.1. The zero-order valence-corrected chi connectivity index (χ0v) is 14.7. The highest BCUT2D eigenvalue weighted by atomic mass is 35.5. The molecule has 2 aromatic carbocycles. The summed E-state index contributed by atoms with van der Waals surface area (Å²) in [6, 6.07) is 17.9.